The Morgan fingerprint density at radius 2 is 1.85 bits per heavy atom. The normalized spacial score (nSPS) is 16.4. The molecule has 0 radical (unpaired) electrons. The summed E-state index contributed by atoms with van der Waals surface area (Å²) in [6.07, 6.45) is 0.497. The van der Waals surface area contributed by atoms with Gasteiger partial charge in [-0.25, -0.2) is 4.79 Å². The molecular formula is C21H16BrNO3S. The second kappa shape index (κ2) is 7.37. The van der Waals surface area contributed by atoms with Gasteiger partial charge in [-0.2, -0.15) is 0 Å². The van der Waals surface area contributed by atoms with Crippen molar-refractivity contribution < 1.29 is 9.52 Å². The molecule has 1 N–H and O–H groups in total. The number of hydrogen-bond acceptors (Lipinski definition) is 5. The van der Waals surface area contributed by atoms with E-state index in [1.165, 1.54) is 0 Å². The molecule has 6 heteroatoms. The predicted octanol–water partition coefficient (Wildman–Crippen LogP) is 5.77. The number of aryl methyl sites for hydroxylation is 1. The average Bonchev–Trinajstić information content (AvgIpc) is 2.86. The topological polar surface area (TPSA) is 62.8 Å². The highest BCUT2D eigenvalue weighted by atomic mass is 79.9. The number of rotatable bonds is 2. The number of thioether (sulfide) groups is 1. The Kier molecular flexibility index (Phi) is 4.93. The lowest BCUT2D eigenvalue weighted by Gasteiger charge is -2.16. The van der Waals surface area contributed by atoms with Gasteiger partial charge in [-0.3, -0.25) is 4.99 Å². The fraction of sp³-hybridized carbons (Fsp3) is 0.143. The molecule has 0 fully saturated rings. The summed E-state index contributed by atoms with van der Waals surface area (Å²) in [6.45, 7) is 1.63. The van der Waals surface area contributed by atoms with Crippen LogP contribution in [0.4, 0.5) is 5.69 Å². The first-order valence-corrected chi connectivity index (χ1v) is 10.1. The summed E-state index contributed by atoms with van der Waals surface area (Å²) in [5.74, 6) is 0.212. The first-order chi connectivity index (χ1) is 13.0. The van der Waals surface area contributed by atoms with E-state index >= 15 is 0 Å². The third-order valence-electron chi connectivity index (χ3n) is 4.43. The maximum absolute atomic E-state index is 12.5. The zero-order chi connectivity index (χ0) is 19.0. The van der Waals surface area contributed by atoms with Gasteiger partial charge in [0.2, 0.25) is 0 Å². The van der Waals surface area contributed by atoms with Gasteiger partial charge < -0.3 is 9.52 Å². The van der Waals surface area contributed by atoms with E-state index < -0.39 is 5.63 Å². The third kappa shape index (κ3) is 3.47. The number of halogens is 1. The van der Waals surface area contributed by atoms with Gasteiger partial charge in [-0.1, -0.05) is 42.5 Å². The van der Waals surface area contributed by atoms with Crippen LogP contribution in [0.3, 0.4) is 0 Å². The van der Waals surface area contributed by atoms with Gasteiger partial charge in [0.25, 0.3) is 0 Å². The van der Waals surface area contributed by atoms with Gasteiger partial charge in [0.1, 0.15) is 17.1 Å². The number of hydrogen-bond donors (Lipinski definition) is 1. The molecule has 0 saturated carbocycles. The molecule has 27 heavy (non-hydrogen) atoms. The number of benzene rings is 2. The van der Waals surface area contributed by atoms with Crippen molar-refractivity contribution in [3.63, 3.8) is 0 Å². The zero-order valence-electron chi connectivity index (χ0n) is 14.5. The fourth-order valence-electron chi connectivity index (χ4n) is 3.08. The molecule has 1 unspecified atom stereocenters. The van der Waals surface area contributed by atoms with E-state index in [0.29, 0.717) is 22.4 Å². The van der Waals surface area contributed by atoms with Gasteiger partial charge in [0.05, 0.1) is 15.9 Å². The largest absolute Gasteiger partial charge is 0.506 e. The van der Waals surface area contributed by atoms with Crippen molar-refractivity contribution in [3.05, 3.63) is 86.4 Å². The number of aliphatic imine (C=N–C) groups is 1. The molecule has 4 nitrogen and oxygen atoms in total. The van der Waals surface area contributed by atoms with Crippen LogP contribution >= 0.6 is 27.7 Å². The lowest BCUT2D eigenvalue weighted by atomic mass is 10.0. The second-order valence-electron chi connectivity index (χ2n) is 6.23. The molecule has 3 aromatic rings. The van der Waals surface area contributed by atoms with Crippen molar-refractivity contribution in [3.8, 4) is 5.75 Å². The summed E-state index contributed by atoms with van der Waals surface area (Å²) in [5, 5.41) is 10.7. The van der Waals surface area contributed by atoms with Crippen LogP contribution in [-0.4, -0.2) is 10.8 Å². The molecule has 1 aromatic heterocycles. The zero-order valence-corrected chi connectivity index (χ0v) is 16.9. The summed E-state index contributed by atoms with van der Waals surface area (Å²) in [6, 6.07) is 17.9. The lowest BCUT2D eigenvalue weighted by Crippen LogP contribution is -2.17. The monoisotopic (exact) mass is 441 g/mol. The van der Waals surface area contributed by atoms with Crippen molar-refractivity contribution in [2.45, 2.75) is 23.5 Å². The highest BCUT2D eigenvalue weighted by Crippen LogP contribution is 2.46. The van der Waals surface area contributed by atoms with E-state index in [0.717, 1.165) is 16.1 Å². The van der Waals surface area contributed by atoms with Crippen LogP contribution in [0.5, 0.6) is 5.75 Å². The summed E-state index contributed by atoms with van der Waals surface area (Å²) in [7, 11) is 0. The molecule has 0 amide bonds. The predicted molar refractivity (Wildman–Crippen MR) is 111 cm³/mol. The maximum Gasteiger partial charge on any atom is 0.348 e. The Balaban J connectivity index is 1.91. The van der Waals surface area contributed by atoms with Crippen LogP contribution in [0.25, 0.3) is 0 Å². The molecule has 2 heterocycles. The van der Waals surface area contributed by atoms with Gasteiger partial charge in [-0.05, 0) is 40.5 Å². The number of fused-ring (bicyclic) bond motifs is 1. The van der Waals surface area contributed by atoms with Crippen LogP contribution in [0.15, 0.2) is 78.2 Å². The number of nitrogens with zero attached hydrogens (tertiary/aromatic N) is 1. The Morgan fingerprint density at radius 3 is 2.63 bits per heavy atom. The van der Waals surface area contributed by atoms with Crippen LogP contribution in [0.2, 0.25) is 0 Å². The van der Waals surface area contributed by atoms with E-state index in [1.54, 1.807) is 18.7 Å². The average molecular weight is 442 g/mol. The Hall–Kier alpha value is -2.31. The molecule has 1 atom stereocenters. The van der Waals surface area contributed by atoms with Crippen LogP contribution in [0, 0.1) is 6.92 Å². The van der Waals surface area contributed by atoms with Gasteiger partial charge in [0, 0.05) is 16.6 Å². The van der Waals surface area contributed by atoms with E-state index in [9.17, 15) is 9.90 Å². The molecule has 0 aliphatic carbocycles. The SMILES string of the molecule is Cc1oc(=O)c(C2=Nc3ccccc3SC(c3ccccc3)C2)c(O)c1Br. The van der Waals surface area contributed by atoms with Gasteiger partial charge in [0.15, 0.2) is 0 Å². The minimum atomic E-state index is -0.580. The van der Waals surface area contributed by atoms with E-state index in [2.05, 4.69) is 28.1 Å². The van der Waals surface area contributed by atoms with Gasteiger partial charge in [-0.15, -0.1) is 11.8 Å². The Labute approximate surface area is 169 Å². The molecule has 4 rings (SSSR count). The maximum atomic E-state index is 12.5. The standard InChI is InChI=1S/C21H16BrNO3S/c1-12-19(22)20(24)18(21(25)26-12)15-11-17(13-7-3-2-4-8-13)27-16-10-6-5-9-14(16)23-15/h2-10,17,24H,11H2,1H3. The van der Waals surface area contributed by atoms with Crippen LogP contribution in [-0.2, 0) is 0 Å². The van der Waals surface area contributed by atoms with Crippen LogP contribution < -0.4 is 5.63 Å². The summed E-state index contributed by atoms with van der Waals surface area (Å²) in [5.41, 5.74) is 1.98. The molecule has 136 valence electrons. The highest BCUT2D eigenvalue weighted by molar-refractivity contribution is 9.10. The highest BCUT2D eigenvalue weighted by Gasteiger charge is 2.27. The summed E-state index contributed by atoms with van der Waals surface area (Å²) < 4.78 is 5.67. The smallest absolute Gasteiger partial charge is 0.348 e. The molecular weight excluding hydrogens is 426 g/mol. The first-order valence-electron chi connectivity index (χ1n) is 8.45. The molecule has 2 aromatic carbocycles. The third-order valence-corrected chi connectivity index (χ3v) is 6.69. The first kappa shape index (κ1) is 18.1. The molecule has 0 saturated heterocycles. The second-order valence-corrected chi connectivity index (χ2v) is 8.27. The van der Waals surface area contributed by atoms with Crippen molar-refractivity contribution in [2.75, 3.05) is 0 Å². The van der Waals surface area contributed by atoms with E-state index in [4.69, 9.17) is 9.41 Å². The van der Waals surface area contributed by atoms with Gasteiger partial charge >= 0.3 is 5.63 Å². The minimum absolute atomic E-state index is 0.0625. The van der Waals surface area contributed by atoms with E-state index in [-0.39, 0.29) is 16.6 Å². The molecule has 1 aliphatic rings. The van der Waals surface area contributed by atoms with E-state index in [1.807, 2.05) is 42.5 Å². The van der Waals surface area contributed by atoms with Crippen molar-refractivity contribution in [1.29, 1.82) is 0 Å². The molecule has 0 spiro atoms. The quantitative estimate of drug-likeness (QED) is 0.547. The Bertz CT molecular complexity index is 1090. The molecule has 0 bridgehead atoms. The minimum Gasteiger partial charge on any atom is -0.506 e. The molecule has 1 aliphatic heterocycles. The number of aromatic hydroxyl groups is 1. The summed E-state index contributed by atoms with van der Waals surface area (Å²) >= 11 is 5.01. The van der Waals surface area contributed by atoms with Crippen LogP contribution in [0.1, 0.15) is 28.6 Å². The Morgan fingerprint density at radius 1 is 1.15 bits per heavy atom. The lowest BCUT2D eigenvalue weighted by molar-refractivity contribution is 0.426. The van der Waals surface area contributed by atoms with Crippen molar-refractivity contribution in [2.24, 2.45) is 4.99 Å². The summed E-state index contributed by atoms with van der Waals surface area (Å²) in [4.78, 5) is 18.3. The van der Waals surface area contributed by atoms with Crippen molar-refractivity contribution >= 4 is 39.1 Å². The number of para-hydroxylation sites is 1. The van der Waals surface area contributed by atoms with Crippen molar-refractivity contribution in [1.82, 2.24) is 0 Å². The fourth-order valence-corrected chi connectivity index (χ4v) is 4.60.